The van der Waals surface area contributed by atoms with Crippen LogP contribution in [-0.4, -0.2) is 11.8 Å². The minimum absolute atomic E-state index is 0.566. The second kappa shape index (κ2) is 6.15. The fourth-order valence-corrected chi connectivity index (χ4v) is 1.69. The normalized spacial score (nSPS) is 9.74. The van der Waals surface area contributed by atoms with E-state index in [1.165, 1.54) is 0 Å². The molecule has 0 bridgehead atoms. The molecule has 0 aliphatic rings. The van der Waals surface area contributed by atoms with Crippen LogP contribution in [0.3, 0.4) is 0 Å². The Morgan fingerprint density at radius 2 is 1.21 bits per heavy atom. The molecule has 2 rings (SSSR count). The van der Waals surface area contributed by atoms with Gasteiger partial charge in [0.05, 0.1) is 0 Å². The SMILES string of the molecule is O=C(Nc1ccccc1)C(=O)Nc1ccc(Br)cc1. The number of carbonyl (C=O) groups is 2. The predicted molar refractivity (Wildman–Crippen MR) is 77.8 cm³/mol. The van der Waals surface area contributed by atoms with Crippen molar-refractivity contribution in [3.05, 3.63) is 59.1 Å². The largest absolute Gasteiger partial charge is 0.318 e. The van der Waals surface area contributed by atoms with Crippen molar-refractivity contribution in [2.24, 2.45) is 0 Å². The lowest BCUT2D eigenvalue weighted by molar-refractivity contribution is -0.132. The Morgan fingerprint density at radius 1 is 0.737 bits per heavy atom. The van der Waals surface area contributed by atoms with Crippen LogP contribution in [0.15, 0.2) is 59.1 Å². The summed E-state index contributed by atoms with van der Waals surface area (Å²) in [6.07, 6.45) is 0. The van der Waals surface area contributed by atoms with Crippen molar-refractivity contribution in [1.82, 2.24) is 0 Å². The molecule has 19 heavy (non-hydrogen) atoms. The molecule has 0 aromatic heterocycles. The van der Waals surface area contributed by atoms with E-state index in [9.17, 15) is 9.59 Å². The van der Waals surface area contributed by atoms with Gasteiger partial charge in [0.2, 0.25) is 0 Å². The Labute approximate surface area is 119 Å². The van der Waals surface area contributed by atoms with Crippen molar-refractivity contribution in [2.75, 3.05) is 10.6 Å². The summed E-state index contributed by atoms with van der Waals surface area (Å²) in [4.78, 5) is 23.3. The van der Waals surface area contributed by atoms with Crippen molar-refractivity contribution in [1.29, 1.82) is 0 Å². The van der Waals surface area contributed by atoms with Crippen molar-refractivity contribution in [2.45, 2.75) is 0 Å². The minimum Gasteiger partial charge on any atom is -0.318 e. The van der Waals surface area contributed by atoms with E-state index < -0.39 is 11.8 Å². The number of halogens is 1. The molecule has 0 aliphatic carbocycles. The molecule has 0 radical (unpaired) electrons. The molecule has 0 aliphatic heterocycles. The molecule has 0 atom stereocenters. The number of hydrogen-bond donors (Lipinski definition) is 2. The van der Waals surface area contributed by atoms with Crippen molar-refractivity contribution < 1.29 is 9.59 Å². The number of amides is 2. The van der Waals surface area contributed by atoms with Crippen molar-refractivity contribution >= 4 is 39.1 Å². The van der Waals surface area contributed by atoms with Gasteiger partial charge in [-0.1, -0.05) is 34.1 Å². The lowest BCUT2D eigenvalue weighted by Crippen LogP contribution is -2.28. The minimum atomic E-state index is -0.703. The summed E-state index contributed by atoms with van der Waals surface area (Å²) >= 11 is 3.29. The smallest absolute Gasteiger partial charge is 0.314 e. The molecule has 96 valence electrons. The molecule has 2 aromatic rings. The van der Waals surface area contributed by atoms with Gasteiger partial charge in [-0.2, -0.15) is 0 Å². The van der Waals surface area contributed by atoms with Gasteiger partial charge in [0.1, 0.15) is 0 Å². The fourth-order valence-electron chi connectivity index (χ4n) is 1.43. The van der Waals surface area contributed by atoms with Crippen LogP contribution in [0.25, 0.3) is 0 Å². The van der Waals surface area contributed by atoms with Crippen LogP contribution in [0.2, 0.25) is 0 Å². The Balaban J connectivity index is 1.96. The lowest BCUT2D eigenvalue weighted by atomic mass is 10.3. The molecule has 4 nitrogen and oxygen atoms in total. The number of hydrogen-bond acceptors (Lipinski definition) is 2. The molecule has 0 fully saturated rings. The van der Waals surface area contributed by atoms with E-state index in [0.717, 1.165) is 4.47 Å². The molecule has 0 unspecified atom stereocenters. The van der Waals surface area contributed by atoms with Gasteiger partial charge in [0.25, 0.3) is 0 Å². The van der Waals surface area contributed by atoms with E-state index in [1.54, 1.807) is 48.5 Å². The van der Waals surface area contributed by atoms with Crippen molar-refractivity contribution in [3.8, 4) is 0 Å². The summed E-state index contributed by atoms with van der Waals surface area (Å²) in [7, 11) is 0. The summed E-state index contributed by atoms with van der Waals surface area (Å²) in [6, 6.07) is 15.8. The van der Waals surface area contributed by atoms with Crippen LogP contribution in [0, 0.1) is 0 Å². The summed E-state index contributed by atoms with van der Waals surface area (Å²) in [5, 5.41) is 5.03. The maximum atomic E-state index is 11.7. The molecular weight excluding hydrogens is 308 g/mol. The van der Waals surface area contributed by atoms with E-state index in [1.807, 2.05) is 6.07 Å². The van der Waals surface area contributed by atoms with Gasteiger partial charge < -0.3 is 10.6 Å². The highest BCUT2D eigenvalue weighted by molar-refractivity contribution is 9.10. The van der Waals surface area contributed by atoms with Crippen LogP contribution in [-0.2, 0) is 9.59 Å². The Hall–Kier alpha value is -2.14. The molecule has 2 aromatic carbocycles. The summed E-state index contributed by atoms with van der Waals surface area (Å²) in [6.45, 7) is 0. The number of benzene rings is 2. The molecular formula is C14H11BrN2O2. The van der Waals surface area contributed by atoms with Gasteiger partial charge in [-0.3, -0.25) is 9.59 Å². The highest BCUT2D eigenvalue weighted by Crippen LogP contribution is 2.14. The van der Waals surface area contributed by atoms with Crippen LogP contribution in [0.1, 0.15) is 0 Å². The Morgan fingerprint density at radius 3 is 1.74 bits per heavy atom. The average Bonchev–Trinajstić information content (AvgIpc) is 2.42. The van der Waals surface area contributed by atoms with E-state index in [-0.39, 0.29) is 0 Å². The monoisotopic (exact) mass is 318 g/mol. The highest BCUT2D eigenvalue weighted by atomic mass is 79.9. The number of rotatable bonds is 2. The summed E-state index contributed by atoms with van der Waals surface area (Å²) in [5.41, 5.74) is 1.15. The zero-order valence-electron chi connectivity index (χ0n) is 9.89. The van der Waals surface area contributed by atoms with Gasteiger partial charge in [-0.15, -0.1) is 0 Å². The van der Waals surface area contributed by atoms with Gasteiger partial charge in [-0.25, -0.2) is 0 Å². The number of para-hydroxylation sites is 1. The Bertz CT molecular complexity index is 582. The first-order valence-corrected chi connectivity index (χ1v) is 6.37. The highest BCUT2D eigenvalue weighted by Gasteiger charge is 2.13. The maximum absolute atomic E-state index is 11.7. The first-order valence-electron chi connectivity index (χ1n) is 5.58. The van der Waals surface area contributed by atoms with Gasteiger partial charge in [0.15, 0.2) is 0 Å². The Kier molecular flexibility index (Phi) is 4.30. The van der Waals surface area contributed by atoms with Gasteiger partial charge in [-0.05, 0) is 36.4 Å². The van der Waals surface area contributed by atoms with Crippen molar-refractivity contribution in [3.63, 3.8) is 0 Å². The third-order valence-corrected chi connectivity index (χ3v) is 2.87. The zero-order valence-corrected chi connectivity index (χ0v) is 11.5. The predicted octanol–water partition coefficient (Wildman–Crippen LogP) is 3.03. The third-order valence-electron chi connectivity index (χ3n) is 2.34. The number of anilines is 2. The molecule has 0 spiro atoms. The van der Waals surface area contributed by atoms with E-state index in [0.29, 0.717) is 11.4 Å². The van der Waals surface area contributed by atoms with Crippen LogP contribution < -0.4 is 10.6 Å². The van der Waals surface area contributed by atoms with Gasteiger partial charge >= 0.3 is 11.8 Å². The van der Waals surface area contributed by atoms with Crippen LogP contribution >= 0.6 is 15.9 Å². The standard InChI is InChI=1S/C14H11BrN2O2/c15-10-6-8-12(9-7-10)17-14(19)13(18)16-11-4-2-1-3-5-11/h1-9H,(H,16,18)(H,17,19). The third kappa shape index (κ3) is 3.93. The first kappa shape index (κ1) is 13.3. The topological polar surface area (TPSA) is 58.2 Å². The van der Waals surface area contributed by atoms with Gasteiger partial charge in [0, 0.05) is 15.8 Å². The molecule has 2 N–H and O–H groups in total. The number of carbonyl (C=O) groups excluding carboxylic acids is 2. The zero-order chi connectivity index (χ0) is 13.7. The van der Waals surface area contributed by atoms with E-state index in [4.69, 9.17) is 0 Å². The summed E-state index contributed by atoms with van der Waals surface area (Å²) in [5.74, 6) is -1.40. The molecule has 0 saturated heterocycles. The second-order valence-corrected chi connectivity index (χ2v) is 4.70. The first-order chi connectivity index (χ1) is 9.15. The summed E-state index contributed by atoms with van der Waals surface area (Å²) < 4.78 is 0.902. The van der Waals surface area contributed by atoms with E-state index >= 15 is 0 Å². The van der Waals surface area contributed by atoms with Crippen LogP contribution in [0.4, 0.5) is 11.4 Å². The maximum Gasteiger partial charge on any atom is 0.314 e. The lowest BCUT2D eigenvalue weighted by Gasteiger charge is -2.06. The van der Waals surface area contributed by atoms with E-state index in [2.05, 4.69) is 26.6 Å². The second-order valence-electron chi connectivity index (χ2n) is 3.78. The number of nitrogens with one attached hydrogen (secondary N) is 2. The molecule has 0 saturated carbocycles. The average molecular weight is 319 g/mol. The van der Waals surface area contributed by atoms with Crippen LogP contribution in [0.5, 0.6) is 0 Å². The quantitative estimate of drug-likeness (QED) is 0.836. The fraction of sp³-hybridized carbons (Fsp3) is 0. The molecule has 5 heteroatoms. The molecule has 2 amide bonds. The molecule has 0 heterocycles.